The highest BCUT2D eigenvalue weighted by Crippen LogP contribution is 2.24. The van der Waals surface area contributed by atoms with Gasteiger partial charge in [-0.3, -0.25) is 9.59 Å². The summed E-state index contributed by atoms with van der Waals surface area (Å²) in [7, 11) is 0. The molecule has 1 aliphatic rings. The molecule has 1 heterocycles. The standard InChI is InChI=1S/C19H19ClN2O2S/c1-13-11-22(16-7-5-15(20)6-8-16)18(23)12-21(13)19(24)14-3-9-17(25-2)10-4-14/h3-10,13H,11-12H2,1-2H3/t13-/m1/s1. The zero-order valence-corrected chi connectivity index (χ0v) is 15.7. The summed E-state index contributed by atoms with van der Waals surface area (Å²) >= 11 is 7.54. The van der Waals surface area contributed by atoms with Gasteiger partial charge in [0.25, 0.3) is 5.91 Å². The summed E-state index contributed by atoms with van der Waals surface area (Å²) in [5, 5.41) is 0.631. The van der Waals surface area contributed by atoms with E-state index in [2.05, 4.69) is 0 Å². The number of carbonyl (C=O) groups is 2. The van der Waals surface area contributed by atoms with Crippen LogP contribution in [0.4, 0.5) is 5.69 Å². The van der Waals surface area contributed by atoms with E-state index in [4.69, 9.17) is 11.6 Å². The number of thioether (sulfide) groups is 1. The molecule has 0 aromatic heterocycles. The lowest BCUT2D eigenvalue weighted by atomic mass is 10.1. The van der Waals surface area contributed by atoms with Crippen LogP contribution in [-0.4, -0.2) is 42.1 Å². The van der Waals surface area contributed by atoms with Crippen LogP contribution in [0.1, 0.15) is 17.3 Å². The third-order valence-corrected chi connectivity index (χ3v) is 5.32. The van der Waals surface area contributed by atoms with Gasteiger partial charge in [0.1, 0.15) is 6.54 Å². The Bertz CT molecular complexity index is 777. The molecule has 0 radical (unpaired) electrons. The molecule has 1 saturated heterocycles. The fourth-order valence-corrected chi connectivity index (χ4v) is 3.43. The summed E-state index contributed by atoms with van der Waals surface area (Å²) < 4.78 is 0. The molecule has 0 bridgehead atoms. The summed E-state index contributed by atoms with van der Waals surface area (Å²) in [5.74, 6) is -0.196. The second-order valence-corrected chi connectivity index (χ2v) is 7.31. The topological polar surface area (TPSA) is 40.6 Å². The van der Waals surface area contributed by atoms with E-state index >= 15 is 0 Å². The molecule has 0 unspecified atom stereocenters. The first kappa shape index (κ1) is 17.8. The second-order valence-electron chi connectivity index (χ2n) is 5.99. The van der Waals surface area contributed by atoms with Crippen molar-refractivity contribution in [3.8, 4) is 0 Å². The second kappa shape index (κ2) is 7.50. The molecule has 1 atom stereocenters. The van der Waals surface area contributed by atoms with Crippen molar-refractivity contribution in [3.05, 3.63) is 59.1 Å². The van der Waals surface area contributed by atoms with Crippen LogP contribution in [0.15, 0.2) is 53.4 Å². The van der Waals surface area contributed by atoms with Crippen molar-refractivity contribution < 1.29 is 9.59 Å². The smallest absolute Gasteiger partial charge is 0.254 e. The number of anilines is 1. The zero-order valence-electron chi connectivity index (χ0n) is 14.1. The van der Waals surface area contributed by atoms with Gasteiger partial charge in [0.05, 0.1) is 0 Å². The fourth-order valence-electron chi connectivity index (χ4n) is 2.89. The highest BCUT2D eigenvalue weighted by atomic mass is 35.5. The third kappa shape index (κ3) is 3.83. The Morgan fingerprint density at radius 2 is 1.76 bits per heavy atom. The van der Waals surface area contributed by atoms with Gasteiger partial charge in [-0.05, 0) is 61.7 Å². The normalized spacial score (nSPS) is 17.7. The lowest BCUT2D eigenvalue weighted by Crippen LogP contribution is -2.57. The summed E-state index contributed by atoms with van der Waals surface area (Å²) in [5.41, 5.74) is 1.41. The van der Waals surface area contributed by atoms with Crippen molar-refractivity contribution in [1.82, 2.24) is 4.90 Å². The van der Waals surface area contributed by atoms with Gasteiger partial charge >= 0.3 is 0 Å². The zero-order chi connectivity index (χ0) is 18.0. The molecule has 0 saturated carbocycles. The Balaban J connectivity index is 1.76. The van der Waals surface area contributed by atoms with Gasteiger partial charge in [0.2, 0.25) is 5.91 Å². The molecule has 2 amide bonds. The van der Waals surface area contributed by atoms with Crippen molar-refractivity contribution in [2.24, 2.45) is 0 Å². The van der Waals surface area contributed by atoms with Crippen molar-refractivity contribution in [2.45, 2.75) is 17.9 Å². The van der Waals surface area contributed by atoms with E-state index in [0.717, 1.165) is 10.6 Å². The van der Waals surface area contributed by atoms with Gasteiger partial charge in [-0.15, -0.1) is 11.8 Å². The number of nitrogens with zero attached hydrogens (tertiary/aromatic N) is 2. The van der Waals surface area contributed by atoms with Gasteiger partial charge in [0, 0.05) is 33.8 Å². The van der Waals surface area contributed by atoms with E-state index < -0.39 is 0 Å². The minimum Gasteiger partial charge on any atom is -0.325 e. The van der Waals surface area contributed by atoms with Crippen LogP contribution < -0.4 is 4.90 Å². The first-order chi connectivity index (χ1) is 12.0. The first-order valence-corrected chi connectivity index (χ1v) is 9.61. The predicted molar refractivity (Wildman–Crippen MR) is 103 cm³/mol. The summed E-state index contributed by atoms with van der Waals surface area (Å²) in [6, 6.07) is 14.6. The molecule has 2 aromatic rings. The van der Waals surface area contributed by atoms with Crippen molar-refractivity contribution >= 4 is 40.9 Å². The Labute approximate surface area is 156 Å². The molecule has 1 aliphatic heterocycles. The maximum absolute atomic E-state index is 12.8. The monoisotopic (exact) mass is 374 g/mol. The van der Waals surface area contributed by atoms with E-state index in [1.54, 1.807) is 33.7 Å². The number of carbonyl (C=O) groups excluding carboxylic acids is 2. The molecular formula is C19H19ClN2O2S. The fraction of sp³-hybridized carbons (Fsp3) is 0.263. The van der Waals surface area contributed by atoms with Crippen LogP contribution in [0.5, 0.6) is 0 Å². The number of halogens is 1. The van der Waals surface area contributed by atoms with Gasteiger partial charge in [-0.1, -0.05) is 11.6 Å². The van der Waals surface area contributed by atoms with E-state index in [-0.39, 0.29) is 24.4 Å². The van der Waals surface area contributed by atoms with Crippen molar-refractivity contribution in [3.63, 3.8) is 0 Å². The van der Waals surface area contributed by atoms with E-state index in [0.29, 0.717) is 17.1 Å². The molecular weight excluding hydrogens is 356 g/mol. The maximum Gasteiger partial charge on any atom is 0.254 e. The van der Waals surface area contributed by atoms with Crippen LogP contribution in [0.25, 0.3) is 0 Å². The number of hydrogen-bond acceptors (Lipinski definition) is 3. The average Bonchev–Trinajstić information content (AvgIpc) is 2.63. The molecule has 0 aliphatic carbocycles. The van der Waals surface area contributed by atoms with Crippen LogP contribution >= 0.6 is 23.4 Å². The first-order valence-electron chi connectivity index (χ1n) is 8.00. The third-order valence-electron chi connectivity index (χ3n) is 4.32. The van der Waals surface area contributed by atoms with Gasteiger partial charge in [0.15, 0.2) is 0 Å². The molecule has 0 spiro atoms. The Kier molecular flexibility index (Phi) is 5.35. The lowest BCUT2D eigenvalue weighted by molar-refractivity contribution is -0.121. The number of rotatable bonds is 3. The Morgan fingerprint density at radius 1 is 1.12 bits per heavy atom. The molecule has 130 valence electrons. The lowest BCUT2D eigenvalue weighted by Gasteiger charge is -2.39. The number of benzene rings is 2. The quantitative estimate of drug-likeness (QED) is 0.764. The summed E-state index contributed by atoms with van der Waals surface area (Å²) in [6.07, 6.45) is 1.99. The summed E-state index contributed by atoms with van der Waals surface area (Å²) in [4.78, 5) is 29.8. The number of hydrogen-bond donors (Lipinski definition) is 0. The molecule has 6 heteroatoms. The van der Waals surface area contributed by atoms with E-state index in [9.17, 15) is 9.59 Å². The van der Waals surface area contributed by atoms with Crippen LogP contribution in [0.3, 0.4) is 0 Å². The highest BCUT2D eigenvalue weighted by Gasteiger charge is 2.33. The van der Waals surface area contributed by atoms with Crippen molar-refractivity contribution in [2.75, 3.05) is 24.2 Å². The van der Waals surface area contributed by atoms with Gasteiger partial charge < -0.3 is 9.80 Å². The minimum absolute atomic E-state index is 0.0684. The van der Waals surface area contributed by atoms with Crippen LogP contribution in [-0.2, 0) is 4.79 Å². The Hall–Kier alpha value is -1.98. The molecule has 3 rings (SSSR count). The predicted octanol–water partition coefficient (Wildman–Crippen LogP) is 3.94. The number of piperazine rings is 1. The van der Waals surface area contributed by atoms with Gasteiger partial charge in [-0.25, -0.2) is 0 Å². The van der Waals surface area contributed by atoms with Crippen LogP contribution in [0.2, 0.25) is 5.02 Å². The highest BCUT2D eigenvalue weighted by molar-refractivity contribution is 7.98. The molecule has 0 N–H and O–H groups in total. The van der Waals surface area contributed by atoms with E-state index in [1.807, 2.05) is 49.6 Å². The van der Waals surface area contributed by atoms with Gasteiger partial charge in [-0.2, -0.15) is 0 Å². The molecule has 1 fully saturated rings. The summed E-state index contributed by atoms with van der Waals surface area (Å²) in [6.45, 7) is 2.51. The SMILES string of the molecule is CSc1ccc(C(=O)N2CC(=O)N(c3ccc(Cl)cc3)C[C@H]2C)cc1. The largest absolute Gasteiger partial charge is 0.325 e. The average molecular weight is 375 g/mol. The minimum atomic E-state index is -0.107. The molecule has 2 aromatic carbocycles. The number of amides is 2. The Morgan fingerprint density at radius 3 is 2.36 bits per heavy atom. The molecule has 25 heavy (non-hydrogen) atoms. The van der Waals surface area contributed by atoms with E-state index in [1.165, 1.54) is 0 Å². The van der Waals surface area contributed by atoms with Crippen molar-refractivity contribution in [1.29, 1.82) is 0 Å². The molecule has 4 nitrogen and oxygen atoms in total. The van der Waals surface area contributed by atoms with Crippen LogP contribution in [0, 0.1) is 0 Å². The maximum atomic E-state index is 12.8.